The second kappa shape index (κ2) is 7.32. The summed E-state index contributed by atoms with van der Waals surface area (Å²) < 4.78 is 5.28. The van der Waals surface area contributed by atoms with Crippen LogP contribution in [0.1, 0.15) is 16.1 Å². The molecule has 0 spiro atoms. The summed E-state index contributed by atoms with van der Waals surface area (Å²) in [5.41, 5.74) is 2.20. The molecule has 3 N–H and O–H groups in total. The Kier molecular flexibility index (Phi) is 4.76. The summed E-state index contributed by atoms with van der Waals surface area (Å²) in [5.74, 6) is 0.966. The number of H-pyrrole nitrogens is 1. The van der Waals surface area contributed by atoms with Gasteiger partial charge < -0.3 is 20.4 Å². The summed E-state index contributed by atoms with van der Waals surface area (Å²) in [5, 5.41) is 5.95. The van der Waals surface area contributed by atoms with Gasteiger partial charge in [0, 0.05) is 6.54 Å². The zero-order valence-corrected chi connectivity index (χ0v) is 13.2. The molecule has 0 fully saturated rings. The smallest absolute Gasteiger partial charge is 0.269 e. The topological polar surface area (TPSA) is 79.0 Å². The Bertz CT molecular complexity index is 815. The Morgan fingerprint density at radius 2 is 1.88 bits per heavy atom. The number of para-hydroxylation sites is 2. The van der Waals surface area contributed by atoms with Gasteiger partial charge in [0.15, 0.2) is 0 Å². The monoisotopic (exact) mass is 322 g/mol. The molecule has 0 saturated heterocycles. The maximum atomic E-state index is 12.2. The zero-order chi connectivity index (χ0) is 16.8. The molecule has 0 aliphatic carbocycles. The number of nitrogens with one attached hydrogen (secondary N) is 3. The molecule has 0 unspecified atom stereocenters. The van der Waals surface area contributed by atoms with Crippen molar-refractivity contribution in [2.24, 2.45) is 0 Å². The minimum Gasteiger partial charge on any atom is -0.495 e. The van der Waals surface area contributed by atoms with E-state index >= 15 is 0 Å². The zero-order valence-electron chi connectivity index (χ0n) is 13.2. The fraction of sp³-hybridized carbons (Fsp3) is 0.111. The van der Waals surface area contributed by atoms with E-state index in [0.29, 0.717) is 23.9 Å². The number of anilines is 2. The lowest BCUT2D eigenvalue weighted by molar-refractivity contribution is 0.0946. The molecule has 1 aromatic heterocycles. The molecular weight excluding hydrogens is 304 g/mol. The van der Waals surface area contributed by atoms with E-state index in [0.717, 1.165) is 11.3 Å². The molecular formula is C18H18N4O2. The number of ether oxygens (including phenoxy) is 1. The molecule has 0 bridgehead atoms. The van der Waals surface area contributed by atoms with Crippen LogP contribution in [0.25, 0.3) is 0 Å². The van der Waals surface area contributed by atoms with Crippen LogP contribution in [-0.4, -0.2) is 23.0 Å². The number of carbonyl (C=O) groups excluding carboxylic acids is 1. The summed E-state index contributed by atoms with van der Waals surface area (Å²) in [7, 11) is 1.60. The van der Waals surface area contributed by atoms with E-state index in [1.807, 2.05) is 54.6 Å². The quantitative estimate of drug-likeness (QED) is 0.651. The molecule has 0 radical (unpaired) electrons. The molecule has 6 heteroatoms. The van der Waals surface area contributed by atoms with Gasteiger partial charge in [0.1, 0.15) is 11.4 Å². The van der Waals surface area contributed by atoms with Crippen LogP contribution in [0.2, 0.25) is 0 Å². The second-order valence-corrected chi connectivity index (χ2v) is 5.14. The standard InChI is InChI=1S/C18H18N4O2/c1-24-16-10-6-5-9-14(16)21-18-20-12-15(22-18)17(23)19-11-13-7-3-2-4-8-13/h2-10,12H,11H2,1H3,(H,19,23)(H2,20,21,22). The number of carbonyl (C=O) groups is 1. The second-order valence-electron chi connectivity index (χ2n) is 5.14. The lowest BCUT2D eigenvalue weighted by Crippen LogP contribution is -2.23. The number of aromatic nitrogens is 2. The SMILES string of the molecule is COc1ccccc1Nc1ncc(C(=O)NCc2ccccc2)[nH]1. The highest BCUT2D eigenvalue weighted by molar-refractivity contribution is 5.92. The van der Waals surface area contributed by atoms with Crippen LogP contribution in [0.15, 0.2) is 60.8 Å². The van der Waals surface area contributed by atoms with Crippen molar-refractivity contribution in [2.75, 3.05) is 12.4 Å². The van der Waals surface area contributed by atoms with Crippen molar-refractivity contribution in [1.82, 2.24) is 15.3 Å². The minimum absolute atomic E-state index is 0.209. The van der Waals surface area contributed by atoms with Gasteiger partial charge in [0.25, 0.3) is 5.91 Å². The Hall–Kier alpha value is -3.28. The first-order chi connectivity index (χ1) is 11.8. The number of aromatic amines is 1. The number of hydrogen-bond donors (Lipinski definition) is 3. The normalized spacial score (nSPS) is 10.2. The Morgan fingerprint density at radius 1 is 1.12 bits per heavy atom. The number of amides is 1. The van der Waals surface area contributed by atoms with Crippen molar-refractivity contribution in [1.29, 1.82) is 0 Å². The summed E-state index contributed by atoms with van der Waals surface area (Å²) in [4.78, 5) is 19.3. The lowest BCUT2D eigenvalue weighted by atomic mass is 10.2. The third-order valence-corrected chi connectivity index (χ3v) is 3.48. The average molecular weight is 322 g/mol. The third kappa shape index (κ3) is 3.73. The van der Waals surface area contributed by atoms with E-state index in [9.17, 15) is 4.79 Å². The number of methoxy groups -OCH3 is 1. The van der Waals surface area contributed by atoms with Gasteiger partial charge in [0.2, 0.25) is 5.95 Å². The van der Waals surface area contributed by atoms with Crippen molar-refractivity contribution >= 4 is 17.5 Å². The number of imidazole rings is 1. The Balaban J connectivity index is 1.63. The highest BCUT2D eigenvalue weighted by Gasteiger charge is 2.10. The van der Waals surface area contributed by atoms with Gasteiger partial charge in [-0.3, -0.25) is 4.79 Å². The summed E-state index contributed by atoms with van der Waals surface area (Å²) in [6.45, 7) is 0.466. The van der Waals surface area contributed by atoms with E-state index in [-0.39, 0.29) is 5.91 Å². The van der Waals surface area contributed by atoms with Crippen molar-refractivity contribution in [3.8, 4) is 5.75 Å². The lowest BCUT2D eigenvalue weighted by Gasteiger charge is -2.08. The Morgan fingerprint density at radius 3 is 2.67 bits per heavy atom. The summed E-state index contributed by atoms with van der Waals surface area (Å²) >= 11 is 0. The van der Waals surface area contributed by atoms with Gasteiger partial charge in [-0.25, -0.2) is 4.98 Å². The van der Waals surface area contributed by atoms with Gasteiger partial charge in [-0.15, -0.1) is 0 Å². The highest BCUT2D eigenvalue weighted by Crippen LogP contribution is 2.25. The fourth-order valence-corrected chi connectivity index (χ4v) is 2.25. The minimum atomic E-state index is -0.209. The molecule has 3 aromatic rings. The molecule has 122 valence electrons. The van der Waals surface area contributed by atoms with Crippen LogP contribution < -0.4 is 15.4 Å². The van der Waals surface area contributed by atoms with Crippen LogP contribution in [0.3, 0.4) is 0 Å². The fourth-order valence-electron chi connectivity index (χ4n) is 2.25. The molecule has 3 rings (SSSR count). The number of hydrogen-bond acceptors (Lipinski definition) is 4. The number of benzene rings is 2. The van der Waals surface area contributed by atoms with Crippen molar-refractivity contribution < 1.29 is 9.53 Å². The Labute approximate surface area is 139 Å². The molecule has 6 nitrogen and oxygen atoms in total. The van der Waals surface area contributed by atoms with Crippen LogP contribution >= 0.6 is 0 Å². The van der Waals surface area contributed by atoms with E-state index in [2.05, 4.69) is 20.6 Å². The maximum absolute atomic E-state index is 12.2. The molecule has 0 atom stereocenters. The van der Waals surface area contributed by atoms with Gasteiger partial charge >= 0.3 is 0 Å². The molecule has 0 saturated carbocycles. The van der Waals surface area contributed by atoms with E-state index < -0.39 is 0 Å². The van der Waals surface area contributed by atoms with Crippen LogP contribution in [0.4, 0.5) is 11.6 Å². The van der Waals surface area contributed by atoms with Gasteiger partial charge in [-0.1, -0.05) is 42.5 Å². The maximum Gasteiger partial charge on any atom is 0.269 e. The molecule has 1 heterocycles. The molecule has 1 amide bonds. The van der Waals surface area contributed by atoms with Gasteiger partial charge in [-0.05, 0) is 17.7 Å². The predicted molar refractivity (Wildman–Crippen MR) is 92.5 cm³/mol. The molecule has 0 aliphatic heterocycles. The largest absolute Gasteiger partial charge is 0.495 e. The first-order valence-corrected chi connectivity index (χ1v) is 7.53. The summed E-state index contributed by atoms with van der Waals surface area (Å²) in [6.07, 6.45) is 1.50. The third-order valence-electron chi connectivity index (χ3n) is 3.48. The van der Waals surface area contributed by atoms with Crippen LogP contribution in [0.5, 0.6) is 5.75 Å². The number of nitrogens with zero attached hydrogens (tertiary/aromatic N) is 1. The van der Waals surface area contributed by atoms with Crippen molar-refractivity contribution in [2.45, 2.75) is 6.54 Å². The van der Waals surface area contributed by atoms with E-state index in [4.69, 9.17) is 4.74 Å². The van der Waals surface area contributed by atoms with Gasteiger partial charge in [0.05, 0.1) is 19.0 Å². The highest BCUT2D eigenvalue weighted by atomic mass is 16.5. The summed E-state index contributed by atoms with van der Waals surface area (Å²) in [6, 6.07) is 17.2. The van der Waals surface area contributed by atoms with Crippen molar-refractivity contribution in [3.05, 3.63) is 72.1 Å². The van der Waals surface area contributed by atoms with E-state index in [1.54, 1.807) is 7.11 Å². The first kappa shape index (κ1) is 15.6. The van der Waals surface area contributed by atoms with Crippen molar-refractivity contribution in [3.63, 3.8) is 0 Å². The average Bonchev–Trinajstić information content (AvgIpc) is 3.10. The number of rotatable bonds is 6. The first-order valence-electron chi connectivity index (χ1n) is 7.53. The van der Waals surface area contributed by atoms with Crippen LogP contribution in [-0.2, 0) is 6.54 Å². The predicted octanol–water partition coefficient (Wildman–Crippen LogP) is 3.09. The van der Waals surface area contributed by atoms with Crippen LogP contribution in [0, 0.1) is 0 Å². The van der Waals surface area contributed by atoms with Gasteiger partial charge in [-0.2, -0.15) is 0 Å². The molecule has 2 aromatic carbocycles. The molecule has 0 aliphatic rings. The molecule has 24 heavy (non-hydrogen) atoms. The van der Waals surface area contributed by atoms with E-state index in [1.165, 1.54) is 6.20 Å².